The third kappa shape index (κ3) is 1.52. The topological polar surface area (TPSA) is 33.0 Å². The molecule has 2 aromatic rings. The number of aromatic amines is 1. The Hall–Kier alpha value is -1.82. The van der Waals surface area contributed by atoms with Gasteiger partial charge in [-0.1, -0.05) is 6.07 Å². The molecule has 2 rings (SSSR count). The molecule has 1 aromatic carbocycles. The highest BCUT2D eigenvalue weighted by molar-refractivity contribution is 5.75. The van der Waals surface area contributed by atoms with Crippen molar-refractivity contribution in [3.63, 3.8) is 0 Å². The molecule has 0 spiro atoms. The largest absolute Gasteiger partial charge is 0.345 e. The van der Waals surface area contributed by atoms with E-state index in [1.807, 2.05) is 18.2 Å². The van der Waals surface area contributed by atoms with Gasteiger partial charge < -0.3 is 9.83 Å². The SMILES string of the molecule is [C-]#[N+]CCc1ccc2nc[nH]c2c1. The zero-order valence-electron chi connectivity index (χ0n) is 7.12. The van der Waals surface area contributed by atoms with Crippen molar-refractivity contribution in [2.24, 2.45) is 0 Å². The smallest absolute Gasteiger partial charge is 0.218 e. The van der Waals surface area contributed by atoms with E-state index < -0.39 is 0 Å². The number of H-pyrrole nitrogens is 1. The summed E-state index contributed by atoms with van der Waals surface area (Å²) in [5, 5.41) is 0. The second kappa shape index (κ2) is 3.28. The summed E-state index contributed by atoms with van der Waals surface area (Å²) in [7, 11) is 0. The van der Waals surface area contributed by atoms with Gasteiger partial charge in [-0.3, -0.25) is 0 Å². The molecule has 1 N–H and O–H groups in total. The first-order chi connectivity index (χ1) is 6.40. The molecule has 3 heteroatoms. The van der Waals surface area contributed by atoms with Crippen molar-refractivity contribution in [2.75, 3.05) is 6.54 Å². The van der Waals surface area contributed by atoms with Gasteiger partial charge in [-0.15, -0.1) is 0 Å². The number of benzene rings is 1. The molecular weight excluding hydrogens is 162 g/mol. The molecule has 64 valence electrons. The van der Waals surface area contributed by atoms with Crippen LogP contribution < -0.4 is 0 Å². The summed E-state index contributed by atoms with van der Waals surface area (Å²) in [6, 6.07) is 6.05. The van der Waals surface area contributed by atoms with Crippen molar-refractivity contribution in [1.29, 1.82) is 0 Å². The Labute approximate surface area is 76.2 Å². The van der Waals surface area contributed by atoms with E-state index in [0.29, 0.717) is 6.54 Å². The van der Waals surface area contributed by atoms with Gasteiger partial charge in [-0.25, -0.2) is 11.6 Å². The van der Waals surface area contributed by atoms with Gasteiger partial charge in [0.15, 0.2) is 0 Å². The normalized spacial score (nSPS) is 10.1. The maximum Gasteiger partial charge on any atom is 0.218 e. The minimum absolute atomic E-state index is 0.555. The highest BCUT2D eigenvalue weighted by Crippen LogP contribution is 2.11. The number of fused-ring (bicyclic) bond motifs is 1. The molecule has 0 aliphatic rings. The Balaban J connectivity index is 2.33. The molecule has 1 aromatic heterocycles. The summed E-state index contributed by atoms with van der Waals surface area (Å²) in [6.45, 7) is 7.24. The molecule has 0 bridgehead atoms. The number of aromatic nitrogens is 2. The summed E-state index contributed by atoms with van der Waals surface area (Å²) in [5.41, 5.74) is 3.21. The lowest BCUT2D eigenvalue weighted by atomic mass is 10.1. The molecule has 0 amide bonds. The maximum atomic E-state index is 6.69. The lowest BCUT2D eigenvalue weighted by Crippen LogP contribution is -1.86. The summed E-state index contributed by atoms with van der Waals surface area (Å²) >= 11 is 0. The van der Waals surface area contributed by atoms with Gasteiger partial charge >= 0.3 is 0 Å². The highest BCUT2D eigenvalue weighted by atomic mass is 14.9. The van der Waals surface area contributed by atoms with Crippen molar-refractivity contribution in [3.8, 4) is 0 Å². The zero-order valence-corrected chi connectivity index (χ0v) is 7.12. The maximum absolute atomic E-state index is 6.69. The van der Waals surface area contributed by atoms with Crippen LogP contribution in [0.5, 0.6) is 0 Å². The van der Waals surface area contributed by atoms with Crippen LogP contribution in [-0.4, -0.2) is 16.5 Å². The standard InChI is InChI=1S/C10H9N3/c1-11-5-4-8-2-3-9-10(6-8)13-7-12-9/h2-3,6-7H,4-5H2,(H,12,13). The van der Waals surface area contributed by atoms with Crippen molar-refractivity contribution < 1.29 is 0 Å². The molecule has 0 saturated carbocycles. The molecule has 0 atom stereocenters. The molecule has 13 heavy (non-hydrogen) atoms. The summed E-state index contributed by atoms with van der Waals surface area (Å²) < 4.78 is 0. The quantitative estimate of drug-likeness (QED) is 0.689. The van der Waals surface area contributed by atoms with E-state index >= 15 is 0 Å². The number of hydrogen-bond donors (Lipinski definition) is 1. The number of rotatable bonds is 2. The van der Waals surface area contributed by atoms with Crippen LogP contribution in [0.4, 0.5) is 0 Å². The van der Waals surface area contributed by atoms with Gasteiger partial charge in [0.2, 0.25) is 6.54 Å². The van der Waals surface area contributed by atoms with E-state index in [4.69, 9.17) is 6.57 Å². The molecule has 0 saturated heterocycles. The fourth-order valence-corrected chi connectivity index (χ4v) is 1.32. The molecule has 0 radical (unpaired) electrons. The highest BCUT2D eigenvalue weighted by Gasteiger charge is 1.98. The monoisotopic (exact) mass is 171 g/mol. The van der Waals surface area contributed by atoms with Crippen LogP contribution in [0.15, 0.2) is 24.5 Å². The Morgan fingerprint density at radius 2 is 2.38 bits per heavy atom. The molecular formula is C10H9N3. The fraction of sp³-hybridized carbons (Fsp3) is 0.200. The van der Waals surface area contributed by atoms with Crippen LogP contribution in [0.25, 0.3) is 15.9 Å². The van der Waals surface area contributed by atoms with Gasteiger partial charge in [0, 0.05) is 6.42 Å². The molecule has 0 unspecified atom stereocenters. The van der Waals surface area contributed by atoms with E-state index in [2.05, 4.69) is 14.8 Å². The van der Waals surface area contributed by atoms with E-state index in [1.54, 1.807) is 6.33 Å². The second-order valence-corrected chi connectivity index (χ2v) is 2.89. The van der Waals surface area contributed by atoms with Crippen LogP contribution >= 0.6 is 0 Å². The summed E-state index contributed by atoms with van der Waals surface area (Å²) in [6.07, 6.45) is 2.50. The Morgan fingerprint density at radius 1 is 1.46 bits per heavy atom. The van der Waals surface area contributed by atoms with Gasteiger partial charge in [0.1, 0.15) is 0 Å². The first-order valence-corrected chi connectivity index (χ1v) is 4.15. The average Bonchev–Trinajstić information content (AvgIpc) is 2.61. The van der Waals surface area contributed by atoms with Gasteiger partial charge in [-0.05, 0) is 17.7 Å². The van der Waals surface area contributed by atoms with Crippen LogP contribution in [0.1, 0.15) is 5.56 Å². The van der Waals surface area contributed by atoms with Crippen molar-refractivity contribution in [1.82, 2.24) is 9.97 Å². The van der Waals surface area contributed by atoms with E-state index in [-0.39, 0.29) is 0 Å². The van der Waals surface area contributed by atoms with Crippen molar-refractivity contribution in [2.45, 2.75) is 6.42 Å². The first-order valence-electron chi connectivity index (χ1n) is 4.15. The van der Waals surface area contributed by atoms with E-state index in [0.717, 1.165) is 17.5 Å². The Bertz CT molecular complexity index is 450. The molecule has 0 aliphatic heterocycles. The van der Waals surface area contributed by atoms with Gasteiger partial charge in [0.25, 0.3) is 0 Å². The Morgan fingerprint density at radius 3 is 3.23 bits per heavy atom. The number of hydrogen-bond acceptors (Lipinski definition) is 1. The molecule has 3 nitrogen and oxygen atoms in total. The third-order valence-electron chi connectivity index (χ3n) is 2.00. The van der Waals surface area contributed by atoms with Crippen LogP contribution in [-0.2, 0) is 6.42 Å². The van der Waals surface area contributed by atoms with E-state index in [1.165, 1.54) is 5.56 Å². The number of imidazole rings is 1. The molecule has 0 fully saturated rings. The molecule has 0 aliphatic carbocycles. The van der Waals surface area contributed by atoms with Crippen LogP contribution in [0.3, 0.4) is 0 Å². The van der Waals surface area contributed by atoms with Crippen molar-refractivity contribution >= 4 is 11.0 Å². The number of nitrogens with zero attached hydrogens (tertiary/aromatic N) is 2. The predicted octanol–water partition coefficient (Wildman–Crippen LogP) is 2.02. The average molecular weight is 171 g/mol. The summed E-state index contributed by atoms with van der Waals surface area (Å²) in [4.78, 5) is 10.5. The van der Waals surface area contributed by atoms with Crippen LogP contribution in [0.2, 0.25) is 0 Å². The number of nitrogens with one attached hydrogen (secondary N) is 1. The van der Waals surface area contributed by atoms with Crippen molar-refractivity contribution in [3.05, 3.63) is 41.5 Å². The lowest BCUT2D eigenvalue weighted by Gasteiger charge is -1.94. The zero-order chi connectivity index (χ0) is 9.10. The Kier molecular flexibility index (Phi) is 1.97. The fourth-order valence-electron chi connectivity index (χ4n) is 1.32. The first kappa shape index (κ1) is 7.81. The van der Waals surface area contributed by atoms with Gasteiger partial charge in [0.05, 0.1) is 17.4 Å². The second-order valence-electron chi connectivity index (χ2n) is 2.89. The van der Waals surface area contributed by atoms with Gasteiger partial charge in [-0.2, -0.15) is 0 Å². The lowest BCUT2D eigenvalue weighted by molar-refractivity contribution is 1.08. The molecule has 1 heterocycles. The predicted molar refractivity (Wildman–Crippen MR) is 51.3 cm³/mol. The minimum Gasteiger partial charge on any atom is -0.345 e. The third-order valence-corrected chi connectivity index (χ3v) is 2.00. The summed E-state index contributed by atoms with van der Waals surface area (Å²) in [5.74, 6) is 0. The van der Waals surface area contributed by atoms with Crippen LogP contribution in [0, 0.1) is 6.57 Å². The minimum atomic E-state index is 0.555. The van der Waals surface area contributed by atoms with E-state index in [9.17, 15) is 0 Å².